The maximum absolute atomic E-state index is 10.2. The molecular weight excluding hydrogens is 128 g/mol. The number of carbonyl (C=O) groups excluding carboxylic acids is 1. The Morgan fingerprint density at radius 1 is 1.70 bits per heavy atom. The van der Waals surface area contributed by atoms with Gasteiger partial charge in [0.15, 0.2) is 0 Å². The molecule has 0 spiro atoms. The number of primary amides is 1. The second kappa shape index (κ2) is 2.87. The number of aromatic nitrogens is 1. The van der Waals surface area contributed by atoms with E-state index in [1.54, 1.807) is 12.3 Å². The zero-order valence-electron chi connectivity index (χ0n) is 5.37. The monoisotopic (exact) mass is 136 g/mol. The Kier molecular flexibility index (Phi) is 1.89. The Hall–Kier alpha value is -1.51. The second-order valence-corrected chi connectivity index (χ2v) is 1.86. The van der Waals surface area contributed by atoms with Crippen LogP contribution in [0.15, 0.2) is 24.4 Å². The molecule has 1 rings (SSSR count). The molecule has 0 aliphatic heterocycles. The molecule has 10 heavy (non-hydrogen) atoms. The van der Waals surface area contributed by atoms with E-state index in [4.69, 9.17) is 5.73 Å². The van der Waals surface area contributed by atoms with Gasteiger partial charge in [0, 0.05) is 18.0 Å². The molecule has 3 nitrogen and oxygen atoms in total. The van der Waals surface area contributed by atoms with Crippen LogP contribution < -0.4 is 5.73 Å². The molecule has 52 valence electrons. The number of nitrogens with one attached hydrogen (secondary N) is 1. The first-order valence-electron chi connectivity index (χ1n) is 2.90. The zero-order valence-corrected chi connectivity index (χ0v) is 5.37. The van der Waals surface area contributed by atoms with Gasteiger partial charge in [0.2, 0.25) is 5.91 Å². The molecule has 0 aliphatic carbocycles. The topological polar surface area (TPSA) is 58.9 Å². The van der Waals surface area contributed by atoms with Crippen LogP contribution >= 0.6 is 0 Å². The lowest BCUT2D eigenvalue weighted by molar-refractivity contribution is -0.113. The molecule has 1 aromatic heterocycles. The van der Waals surface area contributed by atoms with Crippen LogP contribution in [-0.2, 0) is 4.79 Å². The summed E-state index contributed by atoms with van der Waals surface area (Å²) in [6, 6.07) is 3.69. The highest BCUT2D eigenvalue weighted by atomic mass is 16.1. The molecule has 1 amide bonds. The highest BCUT2D eigenvalue weighted by Gasteiger charge is 1.85. The van der Waals surface area contributed by atoms with Gasteiger partial charge in [0.05, 0.1) is 0 Å². The summed E-state index contributed by atoms with van der Waals surface area (Å²) in [4.78, 5) is 13.1. The van der Waals surface area contributed by atoms with Crippen LogP contribution in [0.2, 0.25) is 0 Å². The quantitative estimate of drug-likeness (QED) is 0.572. The van der Waals surface area contributed by atoms with Crippen LogP contribution in [0, 0.1) is 0 Å². The van der Waals surface area contributed by atoms with E-state index in [2.05, 4.69) is 4.98 Å². The standard InChI is InChI=1S/C7H8N2O/c8-7(10)4-3-6-2-1-5-9-6/h1-5,9H,(H2,8,10). The number of H-pyrrole nitrogens is 1. The van der Waals surface area contributed by atoms with Gasteiger partial charge in [-0.25, -0.2) is 0 Å². The van der Waals surface area contributed by atoms with Crippen LogP contribution in [0.1, 0.15) is 5.69 Å². The van der Waals surface area contributed by atoms with Crippen molar-refractivity contribution in [2.45, 2.75) is 0 Å². The summed E-state index contributed by atoms with van der Waals surface area (Å²) in [6.45, 7) is 0. The zero-order chi connectivity index (χ0) is 7.40. The first kappa shape index (κ1) is 6.61. The minimum absolute atomic E-state index is 0.436. The van der Waals surface area contributed by atoms with Crippen LogP contribution in [0.25, 0.3) is 6.08 Å². The van der Waals surface area contributed by atoms with Crippen molar-refractivity contribution in [3.63, 3.8) is 0 Å². The largest absolute Gasteiger partial charge is 0.366 e. The fourth-order valence-corrected chi connectivity index (χ4v) is 0.620. The average molecular weight is 136 g/mol. The van der Waals surface area contributed by atoms with Crippen molar-refractivity contribution in [2.75, 3.05) is 0 Å². The van der Waals surface area contributed by atoms with Crippen LogP contribution in [0.4, 0.5) is 0 Å². The van der Waals surface area contributed by atoms with Crippen molar-refractivity contribution >= 4 is 12.0 Å². The summed E-state index contributed by atoms with van der Waals surface area (Å²) in [5.41, 5.74) is 5.74. The molecule has 0 atom stereocenters. The maximum atomic E-state index is 10.2. The molecule has 3 N–H and O–H groups in total. The van der Waals surface area contributed by atoms with E-state index < -0.39 is 5.91 Å². The fourth-order valence-electron chi connectivity index (χ4n) is 0.620. The smallest absolute Gasteiger partial charge is 0.241 e. The molecule has 0 saturated carbocycles. The van der Waals surface area contributed by atoms with E-state index in [1.807, 2.05) is 12.1 Å². The molecule has 0 bridgehead atoms. The molecule has 3 heteroatoms. The normalized spacial score (nSPS) is 10.4. The Morgan fingerprint density at radius 3 is 3.00 bits per heavy atom. The molecule has 0 aliphatic rings. The van der Waals surface area contributed by atoms with E-state index in [9.17, 15) is 4.79 Å². The minimum atomic E-state index is -0.436. The van der Waals surface area contributed by atoms with E-state index in [0.717, 1.165) is 5.69 Å². The van der Waals surface area contributed by atoms with Crippen molar-refractivity contribution in [1.29, 1.82) is 0 Å². The SMILES string of the molecule is NC(=O)C=Cc1ccc[nH]1. The van der Waals surface area contributed by atoms with Gasteiger partial charge in [-0.15, -0.1) is 0 Å². The molecule has 1 aromatic rings. The second-order valence-electron chi connectivity index (χ2n) is 1.86. The summed E-state index contributed by atoms with van der Waals surface area (Å²) >= 11 is 0. The van der Waals surface area contributed by atoms with Gasteiger partial charge in [-0.1, -0.05) is 0 Å². The van der Waals surface area contributed by atoms with Gasteiger partial charge in [-0.3, -0.25) is 4.79 Å². The third kappa shape index (κ3) is 1.78. The summed E-state index contributed by atoms with van der Waals surface area (Å²) < 4.78 is 0. The average Bonchev–Trinajstić information content (AvgIpc) is 2.34. The summed E-state index contributed by atoms with van der Waals surface area (Å²) in [7, 11) is 0. The van der Waals surface area contributed by atoms with Gasteiger partial charge in [-0.05, 0) is 18.2 Å². The number of nitrogens with two attached hydrogens (primary N) is 1. The molecular formula is C7H8N2O. The van der Waals surface area contributed by atoms with E-state index in [1.165, 1.54) is 6.08 Å². The van der Waals surface area contributed by atoms with Gasteiger partial charge in [-0.2, -0.15) is 0 Å². The maximum Gasteiger partial charge on any atom is 0.241 e. The fraction of sp³-hybridized carbons (Fsp3) is 0. The first-order valence-corrected chi connectivity index (χ1v) is 2.90. The minimum Gasteiger partial charge on any atom is -0.366 e. The van der Waals surface area contributed by atoms with Crippen molar-refractivity contribution in [2.24, 2.45) is 5.73 Å². The highest BCUT2D eigenvalue weighted by molar-refractivity contribution is 5.89. The number of amides is 1. The number of hydrogen-bond donors (Lipinski definition) is 2. The summed E-state index contributed by atoms with van der Waals surface area (Å²) in [5, 5.41) is 0. The lowest BCUT2D eigenvalue weighted by Crippen LogP contribution is -2.05. The Balaban J connectivity index is 2.64. The first-order chi connectivity index (χ1) is 4.79. The predicted molar refractivity (Wildman–Crippen MR) is 39.0 cm³/mol. The third-order valence-electron chi connectivity index (χ3n) is 1.05. The molecule has 0 radical (unpaired) electrons. The van der Waals surface area contributed by atoms with E-state index in [0.29, 0.717) is 0 Å². The van der Waals surface area contributed by atoms with Gasteiger partial charge < -0.3 is 10.7 Å². The molecule has 0 unspecified atom stereocenters. The lowest BCUT2D eigenvalue weighted by atomic mass is 10.4. The number of carbonyl (C=O) groups is 1. The van der Waals surface area contributed by atoms with E-state index in [-0.39, 0.29) is 0 Å². The Morgan fingerprint density at radius 2 is 2.50 bits per heavy atom. The predicted octanol–water partition coefficient (Wildman–Crippen LogP) is 0.513. The lowest BCUT2D eigenvalue weighted by Gasteiger charge is -1.81. The highest BCUT2D eigenvalue weighted by Crippen LogP contribution is 1.95. The Labute approximate surface area is 58.5 Å². The van der Waals surface area contributed by atoms with Crippen LogP contribution in [0.3, 0.4) is 0 Å². The Bertz CT molecular complexity index is 236. The third-order valence-corrected chi connectivity index (χ3v) is 1.05. The van der Waals surface area contributed by atoms with Crippen LogP contribution in [0.5, 0.6) is 0 Å². The van der Waals surface area contributed by atoms with Crippen molar-refractivity contribution < 1.29 is 4.79 Å². The molecule has 0 saturated heterocycles. The van der Waals surface area contributed by atoms with Crippen LogP contribution in [-0.4, -0.2) is 10.9 Å². The van der Waals surface area contributed by atoms with Crippen molar-refractivity contribution in [3.05, 3.63) is 30.1 Å². The molecule has 1 heterocycles. The summed E-state index contributed by atoms with van der Waals surface area (Å²) in [5.74, 6) is -0.436. The van der Waals surface area contributed by atoms with Gasteiger partial charge in [0.25, 0.3) is 0 Å². The molecule has 0 fully saturated rings. The van der Waals surface area contributed by atoms with Crippen molar-refractivity contribution in [1.82, 2.24) is 4.98 Å². The van der Waals surface area contributed by atoms with Crippen molar-refractivity contribution in [3.8, 4) is 0 Å². The molecule has 0 aromatic carbocycles. The van der Waals surface area contributed by atoms with Gasteiger partial charge >= 0.3 is 0 Å². The van der Waals surface area contributed by atoms with E-state index >= 15 is 0 Å². The number of hydrogen-bond acceptors (Lipinski definition) is 1. The van der Waals surface area contributed by atoms with Gasteiger partial charge in [0.1, 0.15) is 0 Å². The summed E-state index contributed by atoms with van der Waals surface area (Å²) in [6.07, 6.45) is 4.72. The number of rotatable bonds is 2. The number of aromatic amines is 1.